The molecule has 0 unspecified atom stereocenters. The molecule has 0 aliphatic rings. The average Bonchev–Trinajstić information content (AvgIpc) is 2.32. The van der Waals surface area contributed by atoms with E-state index in [1.807, 2.05) is 0 Å². The van der Waals surface area contributed by atoms with Gasteiger partial charge in [0, 0.05) is 12.4 Å². The van der Waals surface area contributed by atoms with Gasteiger partial charge >= 0.3 is 0 Å². The average molecular weight is 304 g/mol. The van der Waals surface area contributed by atoms with E-state index in [0.29, 0.717) is 5.02 Å². The number of aromatic nitrogens is 2. The number of halogens is 2. The Balaban J connectivity index is 2.33. The molecule has 0 amide bonds. The first-order valence-corrected chi connectivity index (χ1v) is 6.98. The van der Waals surface area contributed by atoms with E-state index < -0.39 is 10.0 Å². The molecule has 0 aromatic carbocycles. The Hall–Kier alpha value is -1.37. The molecule has 8 heteroatoms. The summed E-state index contributed by atoms with van der Waals surface area (Å²) in [4.78, 5) is 7.43. The topological polar surface area (TPSA) is 72.0 Å². The lowest BCUT2D eigenvalue weighted by Gasteiger charge is -2.07. The van der Waals surface area contributed by atoms with Crippen LogP contribution in [-0.2, 0) is 10.0 Å². The van der Waals surface area contributed by atoms with Crippen LogP contribution in [-0.4, -0.2) is 18.4 Å². The summed E-state index contributed by atoms with van der Waals surface area (Å²) in [5, 5.41) is 0.316. The number of anilines is 1. The van der Waals surface area contributed by atoms with Gasteiger partial charge in [0.15, 0.2) is 0 Å². The third kappa shape index (κ3) is 2.90. The molecule has 0 atom stereocenters. The highest BCUT2D eigenvalue weighted by Gasteiger charge is 2.18. The van der Waals surface area contributed by atoms with Crippen molar-refractivity contribution >= 4 is 39.0 Å². The van der Waals surface area contributed by atoms with E-state index in [9.17, 15) is 8.42 Å². The summed E-state index contributed by atoms with van der Waals surface area (Å²) in [6.07, 6.45) is 2.74. The zero-order valence-corrected chi connectivity index (χ0v) is 11.2. The molecule has 0 bridgehead atoms. The number of nitrogens with one attached hydrogen (secondary N) is 1. The van der Waals surface area contributed by atoms with Crippen molar-refractivity contribution in [2.75, 3.05) is 4.72 Å². The molecule has 0 radical (unpaired) electrons. The Morgan fingerprint density at radius 2 is 1.89 bits per heavy atom. The van der Waals surface area contributed by atoms with Gasteiger partial charge in [0.2, 0.25) is 0 Å². The van der Waals surface area contributed by atoms with E-state index in [0.717, 1.165) is 0 Å². The van der Waals surface area contributed by atoms with Crippen LogP contribution in [0.3, 0.4) is 0 Å². The maximum absolute atomic E-state index is 12.0. The van der Waals surface area contributed by atoms with Gasteiger partial charge in [-0.1, -0.05) is 23.2 Å². The summed E-state index contributed by atoms with van der Waals surface area (Å²) < 4.78 is 26.3. The van der Waals surface area contributed by atoms with Crippen molar-refractivity contribution in [3.63, 3.8) is 0 Å². The molecule has 2 aromatic heterocycles. The molecule has 2 aromatic rings. The first kappa shape index (κ1) is 13.1. The zero-order chi connectivity index (χ0) is 13.2. The molecule has 5 nitrogen and oxygen atoms in total. The van der Waals surface area contributed by atoms with Gasteiger partial charge in [0.05, 0.1) is 5.02 Å². The molecule has 0 aliphatic carbocycles. The van der Waals surface area contributed by atoms with E-state index in [4.69, 9.17) is 23.2 Å². The molecule has 0 fully saturated rings. The van der Waals surface area contributed by atoms with Gasteiger partial charge in [-0.3, -0.25) is 4.72 Å². The number of sulfonamides is 1. The highest BCUT2D eigenvalue weighted by molar-refractivity contribution is 7.92. The lowest BCUT2D eigenvalue weighted by molar-refractivity contribution is 0.600. The Labute approximate surface area is 114 Å². The van der Waals surface area contributed by atoms with Crippen molar-refractivity contribution in [3.05, 3.63) is 46.8 Å². The van der Waals surface area contributed by atoms with Crippen LogP contribution < -0.4 is 4.72 Å². The maximum Gasteiger partial charge on any atom is 0.266 e. The van der Waals surface area contributed by atoms with Crippen molar-refractivity contribution in [1.29, 1.82) is 0 Å². The second-order valence-corrected chi connectivity index (χ2v) is 5.70. The molecule has 2 rings (SSSR count). The molecule has 0 saturated carbocycles. The van der Waals surface area contributed by atoms with Crippen molar-refractivity contribution in [2.45, 2.75) is 4.90 Å². The molecule has 94 valence electrons. The van der Waals surface area contributed by atoms with E-state index in [-0.39, 0.29) is 15.9 Å². The number of hydrogen-bond donors (Lipinski definition) is 1. The zero-order valence-electron chi connectivity index (χ0n) is 8.84. The van der Waals surface area contributed by atoms with E-state index >= 15 is 0 Å². The minimum absolute atomic E-state index is 0.0982. The first-order chi connectivity index (χ1) is 8.49. The van der Waals surface area contributed by atoms with Crippen LogP contribution in [0.25, 0.3) is 0 Å². The van der Waals surface area contributed by atoms with Crippen molar-refractivity contribution in [2.24, 2.45) is 0 Å². The fourth-order valence-electron chi connectivity index (χ4n) is 1.20. The maximum atomic E-state index is 12.0. The Morgan fingerprint density at radius 3 is 2.50 bits per heavy atom. The predicted octanol–water partition coefficient (Wildman–Crippen LogP) is 2.58. The quantitative estimate of drug-likeness (QED) is 0.885. The predicted molar refractivity (Wildman–Crippen MR) is 69.3 cm³/mol. The third-order valence-electron chi connectivity index (χ3n) is 1.98. The Morgan fingerprint density at radius 1 is 1.11 bits per heavy atom. The summed E-state index contributed by atoms with van der Waals surface area (Å²) in [5.74, 6) is 0.152. The lowest BCUT2D eigenvalue weighted by atomic mass is 10.5. The molecular weight excluding hydrogens is 297 g/mol. The Bertz CT molecular complexity index is 659. The van der Waals surface area contributed by atoms with E-state index in [2.05, 4.69) is 14.7 Å². The number of rotatable bonds is 3. The van der Waals surface area contributed by atoms with Crippen molar-refractivity contribution < 1.29 is 8.42 Å². The number of pyridine rings is 2. The van der Waals surface area contributed by atoms with Gasteiger partial charge < -0.3 is 0 Å². The Kier molecular flexibility index (Phi) is 3.70. The summed E-state index contributed by atoms with van der Waals surface area (Å²) >= 11 is 11.4. The van der Waals surface area contributed by atoms with Crippen molar-refractivity contribution in [1.82, 2.24) is 9.97 Å². The monoisotopic (exact) mass is 303 g/mol. The van der Waals surface area contributed by atoms with Gasteiger partial charge in [-0.15, -0.1) is 0 Å². The van der Waals surface area contributed by atoms with Crippen LogP contribution >= 0.6 is 23.2 Å². The summed E-state index contributed by atoms with van der Waals surface area (Å²) in [7, 11) is -3.81. The van der Waals surface area contributed by atoms with Crippen LogP contribution in [0.15, 0.2) is 41.6 Å². The normalized spacial score (nSPS) is 11.2. The van der Waals surface area contributed by atoms with E-state index in [1.165, 1.54) is 36.7 Å². The molecule has 0 aliphatic heterocycles. The standard InChI is InChI=1S/C10H7Cl2N3O2S/c11-7-3-4-9(14-6-7)15-18(16,17)8-2-1-5-13-10(8)12/h1-6H,(H,14,15). The fraction of sp³-hybridized carbons (Fsp3) is 0. The van der Waals surface area contributed by atoms with Gasteiger partial charge in [-0.25, -0.2) is 18.4 Å². The largest absolute Gasteiger partial charge is 0.266 e. The van der Waals surface area contributed by atoms with Gasteiger partial charge in [0.1, 0.15) is 15.9 Å². The number of nitrogens with zero attached hydrogens (tertiary/aromatic N) is 2. The van der Waals surface area contributed by atoms with Crippen LogP contribution in [0.4, 0.5) is 5.82 Å². The molecular formula is C10H7Cl2N3O2S. The van der Waals surface area contributed by atoms with Crippen LogP contribution in [0.2, 0.25) is 10.2 Å². The van der Waals surface area contributed by atoms with Gasteiger partial charge in [0.25, 0.3) is 10.0 Å². The lowest BCUT2D eigenvalue weighted by Crippen LogP contribution is -2.14. The molecule has 2 heterocycles. The third-order valence-corrected chi connectivity index (χ3v) is 4.00. The van der Waals surface area contributed by atoms with Crippen LogP contribution in [0.5, 0.6) is 0 Å². The molecule has 0 spiro atoms. The molecule has 1 N–H and O–H groups in total. The number of hydrogen-bond acceptors (Lipinski definition) is 4. The second kappa shape index (κ2) is 5.09. The minimum atomic E-state index is -3.81. The SMILES string of the molecule is O=S(=O)(Nc1ccc(Cl)cn1)c1cccnc1Cl. The first-order valence-electron chi connectivity index (χ1n) is 4.74. The molecule has 0 saturated heterocycles. The van der Waals surface area contributed by atoms with Crippen molar-refractivity contribution in [3.8, 4) is 0 Å². The van der Waals surface area contributed by atoms with Gasteiger partial charge in [-0.2, -0.15) is 0 Å². The fourth-order valence-corrected chi connectivity index (χ4v) is 2.77. The van der Waals surface area contributed by atoms with E-state index in [1.54, 1.807) is 0 Å². The summed E-state index contributed by atoms with van der Waals surface area (Å²) in [6.45, 7) is 0. The van der Waals surface area contributed by atoms with Crippen LogP contribution in [0, 0.1) is 0 Å². The summed E-state index contributed by atoms with van der Waals surface area (Å²) in [6, 6.07) is 5.81. The highest BCUT2D eigenvalue weighted by atomic mass is 35.5. The second-order valence-electron chi connectivity index (χ2n) is 3.26. The van der Waals surface area contributed by atoms with Crippen LogP contribution in [0.1, 0.15) is 0 Å². The molecule has 18 heavy (non-hydrogen) atoms. The summed E-state index contributed by atoms with van der Waals surface area (Å²) in [5.41, 5.74) is 0. The minimum Gasteiger partial charge on any atom is -0.263 e. The smallest absolute Gasteiger partial charge is 0.263 e. The van der Waals surface area contributed by atoms with Gasteiger partial charge in [-0.05, 0) is 24.3 Å². The highest BCUT2D eigenvalue weighted by Crippen LogP contribution is 2.20.